The van der Waals surface area contributed by atoms with Crippen LogP contribution in [0, 0.1) is 0 Å². The first-order valence-electron chi connectivity index (χ1n) is 20.3. The number of quaternary nitrogens is 1. The van der Waals surface area contributed by atoms with Crippen LogP contribution in [0.5, 0.6) is 0 Å². The SMILES string of the molecule is CC/C=C\C/C=C\C/C=C\C/C=C\C/C=C\C/C=C\CCCCCCCCCCC(=O)NC(COP(=O)(O)OCC[N+](C)(C)C)C(O)CCCCC. The number of hydrogen-bond donors (Lipinski definition) is 3. The minimum absolute atomic E-state index is 0.0671. The first-order chi connectivity index (χ1) is 25.0. The largest absolute Gasteiger partial charge is 0.472 e. The van der Waals surface area contributed by atoms with Crippen LogP contribution in [-0.2, 0) is 18.4 Å². The summed E-state index contributed by atoms with van der Waals surface area (Å²) in [6, 6.07) is -0.764. The Morgan fingerprint density at radius 2 is 1.15 bits per heavy atom. The summed E-state index contributed by atoms with van der Waals surface area (Å²) >= 11 is 0. The van der Waals surface area contributed by atoms with Crippen molar-refractivity contribution in [3.8, 4) is 0 Å². The molecule has 0 aliphatic heterocycles. The van der Waals surface area contributed by atoms with Gasteiger partial charge in [-0.3, -0.25) is 13.8 Å². The maximum absolute atomic E-state index is 12.7. The Kier molecular flexibility index (Phi) is 33.3. The Hall–Kier alpha value is -2.06. The van der Waals surface area contributed by atoms with Crippen LogP contribution < -0.4 is 5.32 Å². The molecule has 3 N–H and O–H groups in total. The van der Waals surface area contributed by atoms with Gasteiger partial charge in [0.15, 0.2) is 0 Å². The zero-order chi connectivity index (χ0) is 38.6. The van der Waals surface area contributed by atoms with Gasteiger partial charge >= 0.3 is 7.82 Å². The van der Waals surface area contributed by atoms with Crippen LogP contribution in [0.4, 0.5) is 0 Å². The third kappa shape index (κ3) is 36.3. The molecule has 0 spiro atoms. The van der Waals surface area contributed by atoms with Crippen molar-refractivity contribution in [2.24, 2.45) is 0 Å². The Labute approximate surface area is 319 Å². The molecule has 52 heavy (non-hydrogen) atoms. The number of amides is 1. The molecule has 0 heterocycles. The van der Waals surface area contributed by atoms with Crippen molar-refractivity contribution >= 4 is 13.7 Å². The number of carbonyl (C=O) groups is 1. The quantitative estimate of drug-likeness (QED) is 0.0258. The summed E-state index contributed by atoms with van der Waals surface area (Å²) in [4.78, 5) is 22.8. The van der Waals surface area contributed by atoms with Gasteiger partial charge in [0, 0.05) is 6.42 Å². The van der Waals surface area contributed by atoms with Gasteiger partial charge < -0.3 is 19.8 Å². The Balaban J connectivity index is 4.00. The minimum Gasteiger partial charge on any atom is -0.391 e. The summed E-state index contributed by atoms with van der Waals surface area (Å²) in [5.74, 6) is -0.170. The number of phosphoric acid groups is 1. The number of hydrogen-bond acceptors (Lipinski definition) is 5. The minimum atomic E-state index is -4.29. The van der Waals surface area contributed by atoms with E-state index in [0.717, 1.165) is 83.5 Å². The summed E-state index contributed by atoms with van der Waals surface area (Å²) in [7, 11) is 1.59. The summed E-state index contributed by atoms with van der Waals surface area (Å²) in [5.41, 5.74) is 0. The van der Waals surface area contributed by atoms with Crippen molar-refractivity contribution in [2.75, 3.05) is 40.9 Å². The fourth-order valence-electron chi connectivity index (χ4n) is 5.22. The summed E-state index contributed by atoms with van der Waals surface area (Å²) in [6.45, 7) is 4.57. The topological polar surface area (TPSA) is 105 Å². The van der Waals surface area contributed by atoms with Crippen LogP contribution in [0.3, 0.4) is 0 Å². The highest BCUT2D eigenvalue weighted by Crippen LogP contribution is 2.43. The van der Waals surface area contributed by atoms with Crippen molar-refractivity contribution in [3.05, 3.63) is 72.9 Å². The molecular formula is C43H78N2O6P+. The molecule has 0 aliphatic carbocycles. The highest BCUT2D eigenvalue weighted by atomic mass is 31.2. The van der Waals surface area contributed by atoms with Gasteiger partial charge in [-0.15, -0.1) is 0 Å². The van der Waals surface area contributed by atoms with Crippen molar-refractivity contribution in [3.63, 3.8) is 0 Å². The molecule has 0 rings (SSSR count). The van der Waals surface area contributed by atoms with Crippen molar-refractivity contribution in [1.29, 1.82) is 0 Å². The lowest BCUT2D eigenvalue weighted by molar-refractivity contribution is -0.870. The maximum Gasteiger partial charge on any atom is 0.472 e. The van der Waals surface area contributed by atoms with E-state index in [-0.39, 0.29) is 19.1 Å². The van der Waals surface area contributed by atoms with Crippen molar-refractivity contribution in [2.45, 2.75) is 154 Å². The van der Waals surface area contributed by atoms with E-state index in [2.05, 4.69) is 92.1 Å². The Morgan fingerprint density at radius 3 is 1.65 bits per heavy atom. The number of nitrogens with zero attached hydrogens (tertiary/aromatic N) is 1. The highest BCUT2D eigenvalue weighted by molar-refractivity contribution is 7.47. The predicted octanol–water partition coefficient (Wildman–Crippen LogP) is 10.9. The highest BCUT2D eigenvalue weighted by Gasteiger charge is 2.28. The molecular weight excluding hydrogens is 671 g/mol. The lowest BCUT2D eigenvalue weighted by Gasteiger charge is -2.26. The molecule has 0 radical (unpaired) electrons. The first kappa shape index (κ1) is 49.9. The number of unbranched alkanes of at least 4 members (excludes halogenated alkanes) is 10. The number of aliphatic hydroxyl groups excluding tert-OH is 1. The molecule has 0 fully saturated rings. The summed E-state index contributed by atoms with van der Waals surface area (Å²) < 4.78 is 23.2. The molecule has 0 aromatic carbocycles. The summed E-state index contributed by atoms with van der Waals surface area (Å²) in [6.07, 6.45) is 45.8. The third-order valence-corrected chi connectivity index (χ3v) is 9.45. The van der Waals surface area contributed by atoms with Crippen molar-refractivity contribution < 1.29 is 32.9 Å². The molecule has 3 unspecified atom stereocenters. The predicted molar refractivity (Wildman–Crippen MR) is 221 cm³/mol. The van der Waals surface area contributed by atoms with Gasteiger partial charge in [0.05, 0.1) is 39.9 Å². The number of rotatable bonds is 35. The molecule has 0 bridgehead atoms. The lowest BCUT2D eigenvalue weighted by Crippen LogP contribution is -2.46. The van der Waals surface area contributed by atoms with Gasteiger partial charge in [-0.2, -0.15) is 0 Å². The zero-order valence-electron chi connectivity index (χ0n) is 33.8. The number of aliphatic hydroxyl groups is 1. The third-order valence-electron chi connectivity index (χ3n) is 8.47. The average molecular weight is 750 g/mol. The van der Waals surface area contributed by atoms with E-state index in [9.17, 15) is 19.4 Å². The van der Waals surface area contributed by atoms with Crippen LogP contribution in [0.15, 0.2) is 72.9 Å². The molecule has 9 heteroatoms. The molecule has 0 saturated carbocycles. The fourth-order valence-corrected chi connectivity index (χ4v) is 5.96. The van der Waals surface area contributed by atoms with E-state index in [1.807, 2.05) is 21.1 Å². The van der Waals surface area contributed by atoms with Gasteiger partial charge in [0.1, 0.15) is 13.2 Å². The van der Waals surface area contributed by atoms with Gasteiger partial charge in [0.25, 0.3) is 0 Å². The molecule has 0 aromatic heterocycles. The van der Waals surface area contributed by atoms with Gasteiger partial charge in [-0.05, 0) is 64.2 Å². The Bertz CT molecular complexity index is 1080. The van der Waals surface area contributed by atoms with Crippen LogP contribution in [0.2, 0.25) is 0 Å². The average Bonchev–Trinajstić information content (AvgIpc) is 3.09. The number of nitrogens with one attached hydrogen (secondary N) is 1. The van der Waals surface area contributed by atoms with E-state index >= 15 is 0 Å². The number of allylic oxidation sites excluding steroid dienone is 12. The second kappa shape index (κ2) is 34.7. The Morgan fingerprint density at radius 1 is 0.673 bits per heavy atom. The van der Waals surface area contributed by atoms with E-state index in [4.69, 9.17) is 9.05 Å². The van der Waals surface area contributed by atoms with Crippen LogP contribution >= 0.6 is 7.82 Å². The van der Waals surface area contributed by atoms with Crippen LogP contribution in [0.25, 0.3) is 0 Å². The van der Waals surface area contributed by atoms with Gasteiger partial charge in [0.2, 0.25) is 5.91 Å². The molecule has 3 atom stereocenters. The van der Waals surface area contributed by atoms with E-state index < -0.39 is 20.0 Å². The molecule has 0 aromatic rings. The molecule has 0 saturated heterocycles. The van der Waals surface area contributed by atoms with Gasteiger partial charge in [-0.25, -0.2) is 4.57 Å². The fraction of sp³-hybridized carbons (Fsp3) is 0.698. The maximum atomic E-state index is 12.7. The zero-order valence-corrected chi connectivity index (χ0v) is 34.7. The second-order valence-corrected chi connectivity index (χ2v) is 16.1. The van der Waals surface area contributed by atoms with Crippen molar-refractivity contribution in [1.82, 2.24) is 5.32 Å². The lowest BCUT2D eigenvalue weighted by atomic mass is 10.0. The standard InChI is InChI=1S/C43H77N2O6P/c1-6-8-10-11-12-13-14-15-16-17-18-19-20-21-22-23-24-25-26-27-28-29-30-31-32-33-35-37-43(47)44-41(42(46)36-34-9-7-2)40-51-52(48,49)50-39-38-45(3,4)5/h8,10,12-13,15-16,18-19,21-22,24-25,41-42,46H,6-7,9,11,14,17,20,23,26-40H2,1-5H3,(H-,44,47,48,49)/p+1/b10-8-,13-12-,16-15-,19-18-,22-21-,25-24-. The number of likely N-dealkylation sites (N-methyl/N-ethyl adjacent to an activating group) is 1. The van der Waals surface area contributed by atoms with Crippen LogP contribution in [-0.4, -0.2) is 73.4 Å². The van der Waals surface area contributed by atoms with E-state index in [1.165, 1.54) is 32.1 Å². The molecule has 8 nitrogen and oxygen atoms in total. The van der Waals surface area contributed by atoms with Crippen LogP contribution in [0.1, 0.15) is 142 Å². The van der Waals surface area contributed by atoms with E-state index in [1.54, 1.807) is 0 Å². The monoisotopic (exact) mass is 750 g/mol. The van der Waals surface area contributed by atoms with Gasteiger partial charge in [-0.1, -0.05) is 145 Å². The second-order valence-electron chi connectivity index (χ2n) is 14.6. The number of phosphoric ester groups is 1. The molecule has 0 aliphatic rings. The number of carbonyl (C=O) groups excluding carboxylic acids is 1. The molecule has 1 amide bonds. The smallest absolute Gasteiger partial charge is 0.391 e. The normalized spacial score (nSPS) is 15.3. The molecule has 300 valence electrons. The first-order valence-corrected chi connectivity index (χ1v) is 21.8. The summed E-state index contributed by atoms with van der Waals surface area (Å²) in [5, 5.41) is 13.6. The van der Waals surface area contributed by atoms with E-state index in [0.29, 0.717) is 23.9 Å².